The Morgan fingerprint density at radius 1 is 1.13 bits per heavy atom. The molecule has 1 aliphatic heterocycles. The molecule has 1 aliphatic rings. The number of benzene rings is 2. The predicted molar refractivity (Wildman–Crippen MR) is 109 cm³/mol. The standard InChI is InChI=1S/C20H20F3N3O3S/c1-14-3-2-4-16(11-14)24-7-9-25(10-8-24)19(27)13-30-18-6-5-15(20(21,22)23)12-17(18)26(28)29/h2-6,11-12H,7-10,13H2,1H3. The molecule has 0 saturated carbocycles. The van der Waals surface area contributed by atoms with Gasteiger partial charge in [-0.15, -0.1) is 11.8 Å². The topological polar surface area (TPSA) is 66.7 Å². The zero-order valence-electron chi connectivity index (χ0n) is 16.2. The predicted octanol–water partition coefficient (Wildman–Crippen LogP) is 4.36. The van der Waals surface area contributed by atoms with Crippen molar-refractivity contribution in [2.45, 2.75) is 18.0 Å². The van der Waals surface area contributed by atoms with Gasteiger partial charge in [0.1, 0.15) is 0 Å². The molecule has 0 radical (unpaired) electrons. The van der Waals surface area contributed by atoms with Crippen molar-refractivity contribution < 1.29 is 22.9 Å². The van der Waals surface area contributed by atoms with Gasteiger partial charge in [-0.2, -0.15) is 13.2 Å². The van der Waals surface area contributed by atoms with Gasteiger partial charge in [0.05, 0.1) is 21.1 Å². The van der Waals surface area contributed by atoms with Crippen LogP contribution in [0.3, 0.4) is 0 Å². The molecule has 0 unspecified atom stereocenters. The summed E-state index contributed by atoms with van der Waals surface area (Å²) in [5.41, 5.74) is 0.515. The fraction of sp³-hybridized carbons (Fsp3) is 0.350. The number of nitro groups is 1. The molecule has 0 bridgehead atoms. The normalized spacial score (nSPS) is 14.7. The van der Waals surface area contributed by atoms with Gasteiger partial charge < -0.3 is 9.80 Å². The Balaban J connectivity index is 1.59. The van der Waals surface area contributed by atoms with Crippen LogP contribution in [-0.2, 0) is 11.0 Å². The smallest absolute Gasteiger partial charge is 0.368 e. The number of thioether (sulfide) groups is 1. The highest BCUT2D eigenvalue weighted by Gasteiger charge is 2.33. The Morgan fingerprint density at radius 3 is 2.43 bits per heavy atom. The zero-order valence-corrected chi connectivity index (χ0v) is 17.0. The van der Waals surface area contributed by atoms with Crippen molar-refractivity contribution in [2.75, 3.05) is 36.8 Å². The molecule has 0 aliphatic carbocycles. The van der Waals surface area contributed by atoms with E-state index in [-0.39, 0.29) is 16.6 Å². The maximum Gasteiger partial charge on any atom is 0.416 e. The van der Waals surface area contributed by atoms with E-state index >= 15 is 0 Å². The highest BCUT2D eigenvalue weighted by atomic mass is 32.2. The van der Waals surface area contributed by atoms with Crippen LogP contribution in [-0.4, -0.2) is 47.7 Å². The number of amides is 1. The molecule has 2 aromatic carbocycles. The Hall–Kier alpha value is -2.75. The quantitative estimate of drug-likeness (QED) is 0.393. The summed E-state index contributed by atoms with van der Waals surface area (Å²) in [5.74, 6) is -0.269. The summed E-state index contributed by atoms with van der Waals surface area (Å²) >= 11 is 0.882. The number of piperazine rings is 1. The minimum atomic E-state index is -4.67. The third kappa shape index (κ3) is 5.24. The summed E-state index contributed by atoms with van der Waals surface area (Å²) in [6, 6.07) is 10.4. The average molecular weight is 439 g/mol. The third-order valence-electron chi connectivity index (χ3n) is 4.83. The molecular formula is C20H20F3N3O3S. The minimum Gasteiger partial charge on any atom is -0.368 e. The first-order chi connectivity index (χ1) is 14.1. The summed E-state index contributed by atoms with van der Waals surface area (Å²) in [6.45, 7) is 4.38. The summed E-state index contributed by atoms with van der Waals surface area (Å²) in [7, 11) is 0. The van der Waals surface area contributed by atoms with Crippen molar-refractivity contribution in [3.05, 3.63) is 63.7 Å². The minimum absolute atomic E-state index is 0.0414. The SMILES string of the molecule is Cc1cccc(N2CCN(C(=O)CSc3ccc(C(F)(F)F)cc3[N+](=O)[O-])CC2)c1. The molecule has 0 spiro atoms. The van der Waals surface area contributed by atoms with Gasteiger partial charge in [-0.3, -0.25) is 14.9 Å². The zero-order chi connectivity index (χ0) is 21.9. The van der Waals surface area contributed by atoms with Crippen LogP contribution in [0.4, 0.5) is 24.5 Å². The second kappa shape index (κ2) is 8.95. The van der Waals surface area contributed by atoms with Crippen LogP contribution in [0.1, 0.15) is 11.1 Å². The van der Waals surface area contributed by atoms with Crippen LogP contribution in [0.25, 0.3) is 0 Å². The molecule has 10 heteroatoms. The van der Waals surface area contributed by atoms with Crippen molar-refractivity contribution in [3.8, 4) is 0 Å². The first-order valence-corrected chi connectivity index (χ1v) is 10.2. The molecule has 1 fully saturated rings. The molecule has 1 saturated heterocycles. The van der Waals surface area contributed by atoms with E-state index in [1.54, 1.807) is 4.90 Å². The van der Waals surface area contributed by atoms with Crippen molar-refractivity contribution in [3.63, 3.8) is 0 Å². The van der Waals surface area contributed by atoms with E-state index in [9.17, 15) is 28.1 Å². The molecule has 160 valence electrons. The molecular weight excluding hydrogens is 419 g/mol. The van der Waals surface area contributed by atoms with Gasteiger partial charge in [0, 0.05) is 37.9 Å². The van der Waals surface area contributed by atoms with Crippen LogP contribution in [0.2, 0.25) is 0 Å². The van der Waals surface area contributed by atoms with Gasteiger partial charge in [-0.25, -0.2) is 0 Å². The summed E-state index contributed by atoms with van der Waals surface area (Å²) in [4.78, 5) is 26.7. The maximum atomic E-state index is 12.8. The van der Waals surface area contributed by atoms with E-state index in [4.69, 9.17) is 0 Å². The molecule has 6 nitrogen and oxygen atoms in total. The molecule has 1 amide bonds. The third-order valence-corrected chi connectivity index (χ3v) is 5.88. The summed E-state index contributed by atoms with van der Waals surface area (Å²) in [5, 5.41) is 11.2. The van der Waals surface area contributed by atoms with Crippen LogP contribution in [0, 0.1) is 17.0 Å². The van der Waals surface area contributed by atoms with Gasteiger partial charge in [-0.05, 0) is 36.8 Å². The number of hydrogen-bond donors (Lipinski definition) is 0. The van der Waals surface area contributed by atoms with Crippen molar-refractivity contribution >= 4 is 29.0 Å². The van der Waals surface area contributed by atoms with Gasteiger partial charge >= 0.3 is 6.18 Å². The first kappa shape index (κ1) is 21.9. The maximum absolute atomic E-state index is 12.8. The highest BCUT2D eigenvalue weighted by molar-refractivity contribution is 8.00. The van der Waals surface area contributed by atoms with Gasteiger partial charge in [0.15, 0.2) is 0 Å². The van der Waals surface area contributed by atoms with Crippen molar-refractivity contribution in [2.24, 2.45) is 0 Å². The van der Waals surface area contributed by atoms with Crippen LogP contribution < -0.4 is 4.90 Å². The van der Waals surface area contributed by atoms with Gasteiger partial charge in [0.25, 0.3) is 5.69 Å². The molecule has 2 aromatic rings. The highest BCUT2D eigenvalue weighted by Crippen LogP contribution is 2.36. The number of aryl methyl sites for hydroxylation is 1. The second-order valence-corrected chi connectivity index (χ2v) is 7.95. The van der Waals surface area contributed by atoms with Crippen molar-refractivity contribution in [1.82, 2.24) is 4.90 Å². The number of nitrogens with zero attached hydrogens (tertiary/aromatic N) is 3. The lowest BCUT2D eigenvalue weighted by molar-refractivity contribution is -0.388. The number of nitro benzene ring substituents is 1. The molecule has 0 atom stereocenters. The van der Waals surface area contributed by atoms with E-state index in [0.717, 1.165) is 35.1 Å². The van der Waals surface area contributed by atoms with E-state index in [1.807, 2.05) is 25.1 Å². The van der Waals surface area contributed by atoms with Crippen molar-refractivity contribution in [1.29, 1.82) is 0 Å². The number of anilines is 1. The summed E-state index contributed by atoms with van der Waals surface area (Å²) < 4.78 is 38.4. The Labute approximate surface area is 175 Å². The number of hydrogen-bond acceptors (Lipinski definition) is 5. The molecule has 30 heavy (non-hydrogen) atoms. The Morgan fingerprint density at radius 2 is 1.83 bits per heavy atom. The monoisotopic (exact) mass is 439 g/mol. The fourth-order valence-electron chi connectivity index (χ4n) is 3.23. The van der Waals surface area contributed by atoms with E-state index in [2.05, 4.69) is 11.0 Å². The molecule has 0 aromatic heterocycles. The van der Waals surface area contributed by atoms with Crippen LogP contribution in [0.15, 0.2) is 47.4 Å². The molecule has 1 heterocycles. The number of alkyl halides is 3. The second-order valence-electron chi connectivity index (χ2n) is 6.93. The summed E-state index contributed by atoms with van der Waals surface area (Å²) in [6.07, 6.45) is -4.67. The lowest BCUT2D eigenvalue weighted by atomic mass is 10.2. The van der Waals surface area contributed by atoms with Crippen LogP contribution in [0.5, 0.6) is 0 Å². The number of carbonyl (C=O) groups excluding carboxylic acids is 1. The largest absolute Gasteiger partial charge is 0.416 e. The number of carbonyl (C=O) groups is 1. The molecule has 3 rings (SSSR count). The van der Waals surface area contributed by atoms with E-state index < -0.39 is 22.4 Å². The lowest BCUT2D eigenvalue weighted by Gasteiger charge is -2.36. The number of rotatable bonds is 5. The van der Waals surface area contributed by atoms with Gasteiger partial charge in [-0.1, -0.05) is 12.1 Å². The number of halogens is 3. The Bertz CT molecular complexity index is 944. The van der Waals surface area contributed by atoms with Gasteiger partial charge in [0.2, 0.25) is 5.91 Å². The molecule has 0 N–H and O–H groups in total. The van der Waals surface area contributed by atoms with Crippen LogP contribution >= 0.6 is 11.8 Å². The first-order valence-electron chi connectivity index (χ1n) is 9.23. The fourth-order valence-corrected chi connectivity index (χ4v) is 4.14. The average Bonchev–Trinajstić information content (AvgIpc) is 2.71. The van der Waals surface area contributed by atoms with E-state index in [1.165, 1.54) is 0 Å². The Kier molecular flexibility index (Phi) is 6.55. The lowest BCUT2D eigenvalue weighted by Crippen LogP contribution is -2.49. The van der Waals surface area contributed by atoms with E-state index in [0.29, 0.717) is 32.2 Å².